The van der Waals surface area contributed by atoms with Gasteiger partial charge in [0.25, 0.3) is 0 Å². The minimum Gasteiger partial charge on any atom is -0.476 e. The van der Waals surface area contributed by atoms with E-state index in [9.17, 15) is 9.90 Å². The van der Waals surface area contributed by atoms with Crippen molar-refractivity contribution in [2.24, 2.45) is 0 Å². The number of carboxylic acid groups (broad SMARTS) is 1. The van der Waals surface area contributed by atoms with Crippen LogP contribution in [0.1, 0.15) is 21.1 Å². The van der Waals surface area contributed by atoms with Crippen molar-refractivity contribution < 1.29 is 9.90 Å². The molecule has 0 aliphatic rings. The number of carbonyl (C=O) groups is 1. The zero-order valence-corrected chi connectivity index (χ0v) is 12.1. The van der Waals surface area contributed by atoms with Crippen LogP contribution in [0.25, 0.3) is 16.4 Å². The van der Waals surface area contributed by atoms with Crippen LogP contribution in [0.5, 0.6) is 0 Å². The lowest BCUT2D eigenvalue weighted by Crippen LogP contribution is -2.03. The molecular weight excluding hydrogens is 290 g/mol. The Hall–Kier alpha value is -2.61. The van der Waals surface area contributed by atoms with Crippen LogP contribution < -0.4 is 0 Å². The molecule has 7 nitrogen and oxygen atoms in total. The molecule has 3 aromatic rings. The first-order valence-corrected chi connectivity index (χ1v) is 6.93. The van der Waals surface area contributed by atoms with Gasteiger partial charge in [-0.1, -0.05) is 16.6 Å². The number of aryl methyl sites for hydroxylation is 2. The quantitative estimate of drug-likeness (QED) is 0.796. The number of aromatic nitrogens is 5. The maximum absolute atomic E-state index is 11.4. The normalized spacial score (nSPS) is 10.8. The van der Waals surface area contributed by atoms with Gasteiger partial charge in [0.2, 0.25) is 5.13 Å². The second kappa shape index (κ2) is 5.06. The van der Waals surface area contributed by atoms with E-state index < -0.39 is 5.97 Å². The fraction of sp³-hybridized carbons (Fsp3) is 0.154. The molecule has 1 N–H and O–H groups in total. The van der Waals surface area contributed by atoms with Crippen LogP contribution in [0.15, 0.2) is 24.5 Å². The van der Waals surface area contributed by atoms with Gasteiger partial charge in [0.1, 0.15) is 5.69 Å². The van der Waals surface area contributed by atoms with Crippen molar-refractivity contribution in [2.45, 2.75) is 13.8 Å². The monoisotopic (exact) mass is 301 g/mol. The molecule has 0 unspecified atom stereocenters. The fourth-order valence-electron chi connectivity index (χ4n) is 1.87. The van der Waals surface area contributed by atoms with E-state index in [2.05, 4.69) is 20.3 Å². The number of thiazole rings is 1. The fourth-order valence-corrected chi connectivity index (χ4v) is 2.73. The number of rotatable bonds is 3. The molecule has 0 amide bonds. The Morgan fingerprint density at radius 2 is 2.19 bits per heavy atom. The van der Waals surface area contributed by atoms with E-state index in [4.69, 9.17) is 0 Å². The first-order valence-electron chi connectivity index (χ1n) is 6.11. The lowest BCUT2D eigenvalue weighted by molar-refractivity contribution is 0.0691. The van der Waals surface area contributed by atoms with Crippen molar-refractivity contribution in [3.8, 4) is 16.4 Å². The highest BCUT2D eigenvalue weighted by Crippen LogP contribution is 2.27. The van der Waals surface area contributed by atoms with Crippen molar-refractivity contribution in [1.29, 1.82) is 0 Å². The lowest BCUT2D eigenvalue weighted by Gasteiger charge is -2.03. The number of nitrogens with zero attached hydrogens (tertiary/aromatic N) is 5. The molecule has 0 aromatic carbocycles. The highest BCUT2D eigenvalue weighted by Gasteiger charge is 2.23. The van der Waals surface area contributed by atoms with Gasteiger partial charge in [-0.25, -0.2) is 9.78 Å². The van der Waals surface area contributed by atoms with Gasteiger partial charge in [-0.05, 0) is 26.0 Å². The molecule has 0 radical (unpaired) electrons. The average molecular weight is 301 g/mol. The summed E-state index contributed by atoms with van der Waals surface area (Å²) < 4.78 is 1.45. The van der Waals surface area contributed by atoms with Gasteiger partial charge in [-0.3, -0.25) is 4.98 Å². The maximum atomic E-state index is 11.4. The number of carboxylic acids is 1. The Kier molecular flexibility index (Phi) is 3.22. The summed E-state index contributed by atoms with van der Waals surface area (Å²) in [6, 6.07) is 3.50. The van der Waals surface area contributed by atoms with E-state index in [1.165, 1.54) is 16.0 Å². The van der Waals surface area contributed by atoms with Crippen LogP contribution in [0.4, 0.5) is 0 Å². The summed E-state index contributed by atoms with van der Waals surface area (Å²) in [7, 11) is 0. The Morgan fingerprint density at radius 3 is 2.76 bits per heavy atom. The van der Waals surface area contributed by atoms with E-state index in [1.54, 1.807) is 24.5 Å². The van der Waals surface area contributed by atoms with Gasteiger partial charge in [0.05, 0.1) is 5.69 Å². The molecule has 3 aromatic heterocycles. The number of pyridine rings is 1. The van der Waals surface area contributed by atoms with Gasteiger partial charge in [0.15, 0.2) is 5.69 Å². The van der Waals surface area contributed by atoms with Crippen molar-refractivity contribution in [3.63, 3.8) is 0 Å². The third kappa shape index (κ3) is 2.29. The third-order valence-corrected chi connectivity index (χ3v) is 4.05. The molecule has 0 spiro atoms. The molecule has 106 valence electrons. The number of aromatic carboxylic acids is 1. The summed E-state index contributed by atoms with van der Waals surface area (Å²) in [4.78, 5) is 20.8. The maximum Gasteiger partial charge on any atom is 0.358 e. The molecule has 0 aliphatic heterocycles. The second-order valence-corrected chi connectivity index (χ2v) is 5.56. The van der Waals surface area contributed by atoms with Crippen LogP contribution >= 0.6 is 11.3 Å². The topological polar surface area (TPSA) is 93.8 Å². The van der Waals surface area contributed by atoms with Crippen molar-refractivity contribution >= 4 is 17.3 Å². The summed E-state index contributed by atoms with van der Waals surface area (Å²) in [6.45, 7) is 3.85. The summed E-state index contributed by atoms with van der Waals surface area (Å²) in [6.07, 6.45) is 3.20. The van der Waals surface area contributed by atoms with Gasteiger partial charge in [-0.2, -0.15) is 4.68 Å². The zero-order valence-electron chi connectivity index (χ0n) is 11.3. The molecule has 0 atom stereocenters. The molecular formula is C13H11N5O2S. The predicted molar refractivity (Wildman–Crippen MR) is 76.7 cm³/mol. The Bertz CT molecular complexity index is 790. The molecule has 0 bridgehead atoms. The van der Waals surface area contributed by atoms with Crippen LogP contribution in [0.3, 0.4) is 0 Å². The van der Waals surface area contributed by atoms with Gasteiger partial charge in [0, 0.05) is 22.8 Å². The smallest absolute Gasteiger partial charge is 0.358 e. The van der Waals surface area contributed by atoms with Crippen molar-refractivity contribution in [1.82, 2.24) is 25.0 Å². The van der Waals surface area contributed by atoms with Gasteiger partial charge < -0.3 is 5.11 Å². The van der Waals surface area contributed by atoms with Gasteiger partial charge >= 0.3 is 5.97 Å². The van der Waals surface area contributed by atoms with Crippen molar-refractivity contribution in [3.05, 3.63) is 40.8 Å². The van der Waals surface area contributed by atoms with E-state index >= 15 is 0 Å². The van der Waals surface area contributed by atoms with Gasteiger partial charge in [-0.15, -0.1) is 5.10 Å². The van der Waals surface area contributed by atoms with E-state index in [1.807, 2.05) is 13.8 Å². The predicted octanol–water partition coefficient (Wildman–Crippen LogP) is 2.10. The van der Waals surface area contributed by atoms with Crippen LogP contribution in [0.2, 0.25) is 0 Å². The zero-order chi connectivity index (χ0) is 15.0. The highest BCUT2D eigenvalue weighted by atomic mass is 32.1. The van der Waals surface area contributed by atoms with Crippen LogP contribution in [-0.4, -0.2) is 36.0 Å². The lowest BCUT2D eigenvalue weighted by atomic mass is 10.1. The number of hydrogen-bond acceptors (Lipinski definition) is 6. The largest absolute Gasteiger partial charge is 0.476 e. The molecule has 0 saturated heterocycles. The highest BCUT2D eigenvalue weighted by molar-refractivity contribution is 7.14. The van der Waals surface area contributed by atoms with Crippen LogP contribution in [-0.2, 0) is 0 Å². The van der Waals surface area contributed by atoms with Crippen molar-refractivity contribution in [2.75, 3.05) is 0 Å². The minimum absolute atomic E-state index is 0.117. The summed E-state index contributed by atoms with van der Waals surface area (Å²) in [5.41, 5.74) is 1.78. The standard InChI is InChI=1S/C13H11N5O2S/c1-7-8(2)21-13(15-7)18-11(9-4-3-5-14-6-9)10(12(19)20)16-17-18/h3-6H,1-2H3,(H,19,20). The first kappa shape index (κ1) is 13.4. The Balaban J connectivity index is 2.25. The molecule has 0 saturated carbocycles. The third-order valence-electron chi connectivity index (χ3n) is 3.01. The summed E-state index contributed by atoms with van der Waals surface area (Å²) >= 11 is 1.44. The van der Waals surface area contributed by atoms with E-state index in [0.29, 0.717) is 16.4 Å². The first-order chi connectivity index (χ1) is 10.1. The molecule has 0 fully saturated rings. The molecule has 0 aliphatic carbocycles. The number of hydrogen-bond donors (Lipinski definition) is 1. The van der Waals surface area contributed by atoms with E-state index in [0.717, 1.165) is 10.6 Å². The molecule has 3 rings (SSSR count). The molecule has 21 heavy (non-hydrogen) atoms. The minimum atomic E-state index is -1.13. The Morgan fingerprint density at radius 1 is 1.38 bits per heavy atom. The molecule has 3 heterocycles. The second-order valence-electron chi connectivity index (χ2n) is 4.38. The summed E-state index contributed by atoms with van der Waals surface area (Å²) in [5, 5.41) is 17.6. The van der Waals surface area contributed by atoms with E-state index in [-0.39, 0.29) is 5.69 Å². The Labute approximate surface area is 123 Å². The summed E-state index contributed by atoms with van der Waals surface area (Å²) in [5.74, 6) is -1.13. The molecule has 8 heteroatoms. The van der Waals surface area contributed by atoms with Crippen LogP contribution in [0, 0.1) is 13.8 Å². The SMILES string of the molecule is Cc1nc(-n2nnc(C(=O)O)c2-c2cccnc2)sc1C. The average Bonchev–Trinajstić information content (AvgIpc) is 3.04.